The fraction of sp³-hybridized carbons (Fsp3) is 0.615. The van der Waals surface area contributed by atoms with E-state index in [1.165, 1.54) is 6.20 Å². The second-order valence-electron chi connectivity index (χ2n) is 4.90. The Morgan fingerprint density at radius 3 is 2.77 bits per heavy atom. The molecule has 4 N–H and O–H groups in total. The van der Waals surface area contributed by atoms with Gasteiger partial charge >= 0.3 is 6.03 Å². The predicted octanol–water partition coefficient (Wildman–Crippen LogP) is 0.720. The second-order valence-corrected chi connectivity index (χ2v) is 5.93. The number of hydrogen-bond acceptors (Lipinski definition) is 6. The number of carbonyl (C=O) groups excluding carboxylic acids is 2. The van der Waals surface area contributed by atoms with Gasteiger partial charge in [0.25, 0.3) is 5.91 Å². The van der Waals surface area contributed by atoms with Gasteiger partial charge < -0.3 is 20.7 Å². The molecule has 8 nitrogen and oxygen atoms in total. The van der Waals surface area contributed by atoms with Gasteiger partial charge in [-0.2, -0.15) is 0 Å². The average Bonchev–Trinajstić information content (AvgIpc) is 2.90. The maximum Gasteiger partial charge on any atom is 0.319 e. The summed E-state index contributed by atoms with van der Waals surface area (Å²) in [5.74, 6) is -0.612. The quantitative estimate of drug-likeness (QED) is 0.618. The van der Waals surface area contributed by atoms with Crippen molar-refractivity contribution in [2.45, 2.75) is 19.4 Å². The molecular weight excluding hydrogens is 306 g/mol. The Hall–Kier alpha value is -1.71. The molecule has 124 valence electrons. The molecule has 0 aromatic carbocycles. The van der Waals surface area contributed by atoms with Crippen molar-refractivity contribution >= 4 is 28.3 Å². The summed E-state index contributed by atoms with van der Waals surface area (Å²) in [7, 11) is 3.98. The number of nitrogens with two attached hydrogens (primary N) is 1. The zero-order valence-electron chi connectivity index (χ0n) is 13.1. The average molecular weight is 329 g/mol. The Kier molecular flexibility index (Phi) is 7.78. The minimum atomic E-state index is -0.612. The third-order valence-electron chi connectivity index (χ3n) is 2.74. The lowest BCUT2D eigenvalue weighted by atomic mass is 10.2. The predicted molar refractivity (Wildman–Crippen MR) is 86.2 cm³/mol. The summed E-state index contributed by atoms with van der Waals surface area (Å²) in [6.07, 6.45) is 2.19. The summed E-state index contributed by atoms with van der Waals surface area (Å²) >= 11 is 1.03. The van der Waals surface area contributed by atoms with Crippen molar-refractivity contribution in [3.63, 3.8) is 0 Å². The first-order valence-electron chi connectivity index (χ1n) is 6.99. The number of carbonyl (C=O) groups is 2. The number of aromatic nitrogens is 1. The van der Waals surface area contributed by atoms with Gasteiger partial charge in [-0.3, -0.25) is 10.1 Å². The van der Waals surface area contributed by atoms with Crippen LogP contribution in [0.15, 0.2) is 6.20 Å². The first kappa shape index (κ1) is 18.3. The van der Waals surface area contributed by atoms with Crippen molar-refractivity contribution in [3.8, 4) is 0 Å². The highest BCUT2D eigenvalue weighted by atomic mass is 32.1. The molecule has 3 amide bonds. The van der Waals surface area contributed by atoms with E-state index in [-0.39, 0.29) is 17.1 Å². The highest BCUT2D eigenvalue weighted by Gasteiger charge is 2.13. The summed E-state index contributed by atoms with van der Waals surface area (Å²) in [5, 5.41) is 5.99. The molecule has 0 spiro atoms. The Morgan fingerprint density at radius 1 is 1.50 bits per heavy atom. The Labute approximate surface area is 134 Å². The van der Waals surface area contributed by atoms with E-state index >= 15 is 0 Å². The monoisotopic (exact) mass is 329 g/mol. The maximum absolute atomic E-state index is 11.8. The lowest BCUT2D eigenvalue weighted by Gasteiger charge is -2.19. The molecule has 1 heterocycles. The minimum Gasteiger partial charge on any atom is -0.377 e. The molecule has 1 aromatic heterocycles. The maximum atomic E-state index is 11.8. The van der Waals surface area contributed by atoms with E-state index in [1.54, 1.807) is 0 Å². The molecule has 1 unspecified atom stereocenters. The van der Waals surface area contributed by atoms with Gasteiger partial charge in [0.2, 0.25) is 0 Å². The molecule has 0 fully saturated rings. The van der Waals surface area contributed by atoms with Crippen LogP contribution in [0.25, 0.3) is 0 Å². The van der Waals surface area contributed by atoms with E-state index in [0.29, 0.717) is 18.2 Å². The van der Waals surface area contributed by atoms with Gasteiger partial charge in [0, 0.05) is 19.7 Å². The van der Waals surface area contributed by atoms with E-state index in [0.717, 1.165) is 24.3 Å². The Morgan fingerprint density at radius 2 is 2.23 bits per heavy atom. The second kappa shape index (κ2) is 9.34. The third-order valence-corrected chi connectivity index (χ3v) is 3.67. The molecule has 0 aliphatic heterocycles. The van der Waals surface area contributed by atoms with Gasteiger partial charge in [-0.25, -0.2) is 9.78 Å². The zero-order valence-corrected chi connectivity index (χ0v) is 13.9. The zero-order chi connectivity index (χ0) is 16.5. The van der Waals surface area contributed by atoms with Crippen LogP contribution < -0.4 is 16.4 Å². The number of urea groups is 1. The number of ether oxygens (including phenoxy) is 1. The summed E-state index contributed by atoms with van der Waals surface area (Å²) in [6, 6.07) is -0.366. The SMILES string of the molecule is CCOC(CCN(C)C)CNC(=O)Nc1cnc(C(N)=O)s1. The highest BCUT2D eigenvalue weighted by Crippen LogP contribution is 2.17. The van der Waals surface area contributed by atoms with Crippen LogP contribution in [0, 0.1) is 0 Å². The lowest BCUT2D eigenvalue weighted by molar-refractivity contribution is 0.0538. The molecule has 1 rings (SSSR count). The van der Waals surface area contributed by atoms with Gasteiger partial charge in [-0.1, -0.05) is 11.3 Å². The number of rotatable bonds is 9. The van der Waals surface area contributed by atoms with Gasteiger partial charge in [0.05, 0.1) is 12.3 Å². The molecule has 0 radical (unpaired) electrons. The molecular formula is C13H23N5O3S. The lowest BCUT2D eigenvalue weighted by Crippen LogP contribution is -2.37. The van der Waals surface area contributed by atoms with Crippen LogP contribution in [0.5, 0.6) is 0 Å². The van der Waals surface area contributed by atoms with Crippen molar-refractivity contribution in [1.29, 1.82) is 0 Å². The van der Waals surface area contributed by atoms with Crippen LogP contribution in [-0.4, -0.2) is 61.7 Å². The number of hydrogen-bond donors (Lipinski definition) is 3. The summed E-state index contributed by atoms with van der Waals surface area (Å²) in [5.41, 5.74) is 5.11. The number of nitrogens with one attached hydrogen (secondary N) is 2. The van der Waals surface area contributed by atoms with Crippen molar-refractivity contribution in [2.75, 3.05) is 39.1 Å². The van der Waals surface area contributed by atoms with Crippen molar-refractivity contribution < 1.29 is 14.3 Å². The Bertz CT molecular complexity index is 492. The molecule has 9 heteroatoms. The van der Waals surface area contributed by atoms with E-state index in [2.05, 4.69) is 20.5 Å². The van der Waals surface area contributed by atoms with Gasteiger partial charge in [0.15, 0.2) is 5.01 Å². The van der Waals surface area contributed by atoms with Gasteiger partial charge in [-0.15, -0.1) is 0 Å². The number of thiazole rings is 1. The topological polar surface area (TPSA) is 110 Å². The summed E-state index contributed by atoms with van der Waals surface area (Å²) in [6.45, 7) is 3.81. The van der Waals surface area contributed by atoms with Gasteiger partial charge in [0.1, 0.15) is 5.00 Å². The van der Waals surface area contributed by atoms with E-state index in [1.807, 2.05) is 21.0 Å². The minimum absolute atomic E-state index is 0.0409. The fourth-order valence-electron chi connectivity index (χ4n) is 1.69. The van der Waals surface area contributed by atoms with Crippen molar-refractivity contribution in [2.24, 2.45) is 5.73 Å². The van der Waals surface area contributed by atoms with Gasteiger partial charge in [-0.05, 0) is 27.4 Å². The molecule has 22 heavy (non-hydrogen) atoms. The summed E-state index contributed by atoms with van der Waals surface area (Å²) < 4.78 is 5.59. The molecule has 0 aliphatic carbocycles. The standard InChI is InChI=1S/C13H23N5O3S/c1-4-21-9(5-6-18(2)3)7-16-13(20)17-10-8-15-12(22-10)11(14)19/h8-9H,4-7H2,1-3H3,(H2,14,19)(H2,16,17,20). The largest absolute Gasteiger partial charge is 0.377 e. The van der Waals surface area contributed by atoms with E-state index in [9.17, 15) is 9.59 Å². The van der Waals surface area contributed by atoms with Crippen LogP contribution in [0.3, 0.4) is 0 Å². The van der Waals surface area contributed by atoms with E-state index in [4.69, 9.17) is 10.5 Å². The molecule has 0 saturated carbocycles. The van der Waals surface area contributed by atoms with Crippen LogP contribution in [-0.2, 0) is 4.74 Å². The van der Waals surface area contributed by atoms with Crippen LogP contribution in [0.4, 0.5) is 9.80 Å². The normalized spacial score (nSPS) is 12.2. The molecule has 0 saturated heterocycles. The molecule has 1 atom stereocenters. The molecule has 0 aliphatic rings. The van der Waals surface area contributed by atoms with Crippen LogP contribution in [0.1, 0.15) is 23.1 Å². The number of nitrogens with zero attached hydrogens (tertiary/aromatic N) is 2. The Balaban J connectivity index is 2.40. The fourth-order valence-corrected chi connectivity index (χ4v) is 2.35. The van der Waals surface area contributed by atoms with Crippen LogP contribution in [0.2, 0.25) is 0 Å². The first-order chi connectivity index (χ1) is 10.4. The number of amides is 3. The van der Waals surface area contributed by atoms with Crippen molar-refractivity contribution in [3.05, 3.63) is 11.2 Å². The smallest absolute Gasteiger partial charge is 0.319 e. The van der Waals surface area contributed by atoms with Crippen molar-refractivity contribution in [1.82, 2.24) is 15.2 Å². The number of primary amides is 1. The number of anilines is 1. The first-order valence-corrected chi connectivity index (χ1v) is 7.80. The molecule has 0 bridgehead atoms. The highest BCUT2D eigenvalue weighted by molar-refractivity contribution is 7.17. The van der Waals surface area contributed by atoms with E-state index < -0.39 is 5.91 Å². The molecule has 1 aromatic rings. The summed E-state index contributed by atoms with van der Waals surface area (Å²) in [4.78, 5) is 28.6. The third kappa shape index (κ3) is 6.83. The van der Waals surface area contributed by atoms with Crippen LogP contribution >= 0.6 is 11.3 Å².